The number of carbonyl (C=O) groups is 1. The summed E-state index contributed by atoms with van der Waals surface area (Å²) in [5, 5.41) is 2.10. The van der Waals surface area contributed by atoms with Gasteiger partial charge in [-0.3, -0.25) is 9.78 Å². The minimum absolute atomic E-state index is 0.0707. The number of rotatable bonds is 3. The van der Waals surface area contributed by atoms with Crippen molar-refractivity contribution in [2.24, 2.45) is 5.92 Å². The standard InChI is InChI=1S/C18H22N4OS/c23-18(22-10-2-5-15(22)16-6-3-11-24-16)14-4-1-9-21(13-14)17-12-19-7-8-20-17/h3,6-8,11-12,14-15H,1-2,4-5,9-10,13H2. The summed E-state index contributed by atoms with van der Waals surface area (Å²) < 4.78 is 0. The third-order valence-corrected chi connectivity index (χ3v) is 6.03. The number of aromatic nitrogens is 2. The number of hydrogen-bond donors (Lipinski definition) is 0. The van der Waals surface area contributed by atoms with Crippen LogP contribution in [0.5, 0.6) is 0 Å². The molecule has 0 aliphatic carbocycles. The number of likely N-dealkylation sites (tertiary alicyclic amines) is 1. The van der Waals surface area contributed by atoms with Crippen LogP contribution in [0, 0.1) is 5.92 Å². The monoisotopic (exact) mass is 342 g/mol. The zero-order valence-electron chi connectivity index (χ0n) is 13.7. The van der Waals surface area contributed by atoms with Gasteiger partial charge in [0.05, 0.1) is 18.2 Å². The molecule has 0 spiro atoms. The molecule has 1 amide bonds. The van der Waals surface area contributed by atoms with Crippen LogP contribution in [-0.2, 0) is 4.79 Å². The summed E-state index contributed by atoms with van der Waals surface area (Å²) in [5.41, 5.74) is 0. The van der Waals surface area contributed by atoms with Crippen molar-refractivity contribution in [3.8, 4) is 0 Å². The Bertz CT molecular complexity index is 676. The molecule has 126 valence electrons. The van der Waals surface area contributed by atoms with E-state index in [0.717, 1.165) is 51.1 Å². The second-order valence-corrected chi connectivity index (χ2v) is 7.53. The predicted octanol–water partition coefficient (Wildman–Crippen LogP) is 3.12. The summed E-state index contributed by atoms with van der Waals surface area (Å²) in [7, 11) is 0. The molecule has 2 aromatic rings. The summed E-state index contributed by atoms with van der Waals surface area (Å²) in [6, 6.07) is 4.52. The van der Waals surface area contributed by atoms with Crippen molar-refractivity contribution >= 4 is 23.1 Å². The SMILES string of the molecule is O=C(C1CCCN(c2cnccn2)C1)N1CCCC1c1cccs1. The van der Waals surface area contributed by atoms with Crippen molar-refractivity contribution in [2.75, 3.05) is 24.5 Å². The Morgan fingerprint density at radius 2 is 2.12 bits per heavy atom. The van der Waals surface area contributed by atoms with Crippen molar-refractivity contribution in [1.82, 2.24) is 14.9 Å². The van der Waals surface area contributed by atoms with Gasteiger partial charge in [0, 0.05) is 36.9 Å². The fraction of sp³-hybridized carbons (Fsp3) is 0.500. The Morgan fingerprint density at radius 3 is 2.92 bits per heavy atom. The minimum Gasteiger partial charge on any atom is -0.355 e. The lowest BCUT2D eigenvalue weighted by Gasteiger charge is -2.35. The fourth-order valence-electron chi connectivity index (χ4n) is 3.88. The van der Waals surface area contributed by atoms with E-state index in [1.165, 1.54) is 4.88 Å². The Kier molecular flexibility index (Phi) is 4.47. The highest BCUT2D eigenvalue weighted by atomic mass is 32.1. The van der Waals surface area contributed by atoms with Gasteiger partial charge in [-0.05, 0) is 37.1 Å². The van der Waals surface area contributed by atoms with Crippen LogP contribution < -0.4 is 4.90 Å². The lowest BCUT2D eigenvalue weighted by Crippen LogP contribution is -2.44. The maximum Gasteiger partial charge on any atom is 0.228 e. The average Bonchev–Trinajstić information content (AvgIpc) is 3.33. The summed E-state index contributed by atoms with van der Waals surface area (Å²) >= 11 is 1.76. The molecule has 0 radical (unpaired) electrons. The van der Waals surface area contributed by atoms with Crippen LogP contribution in [0.4, 0.5) is 5.82 Å². The number of anilines is 1. The molecule has 0 N–H and O–H groups in total. The Balaban J connectivity index is 1.47. The van der Waals surface area contributed by atoms with Gasteiger partial charge in [-0.15, -0.1) is 11.3 Å². The second kappa shape index (κ2) is 6.89. The maximum absolute atomic E-state index is 13.2. The van der Waals surface area contributed by atoms with Gasteiger partial charge in [-0.2, -0.15) is 0 Å². The molecule has 2 fully saturated rings. The van der Waals surface area contributed by atoms with E-state index in [0.29, 0.717) is 5.91 Å². The molecular formula is C18H22N4OS. The highest BCUT2D eigenvalue weighted by molar-refractivity contribution is 7.10. The molecule has 2 aliphatic heterocycles. The van der Waals surface area contributed by atoms with Gasteiger partial charge in [0.2, 0.25) is 5.91 Å². The van der Waals surface area contributed by atoms with Gasteiger partial charge in [-0.1, -0.05) is 6.07 Å². The first kappa shape index (κ1) is 15.6. The van der Waals surface area contributed by atoms with Gasteiger partial charge in [0.15, 0.2) is 0 Å². The normalized spacial score (nSPS) is 24.3. The molecule has 0 aromatic carbocycles. The van der Waals surface area contributed by atoms with Gasteiger partial charge < -0.3 is 9.80 Å². The van der Waals surface area contributed by atoms with E-state index in [1.54, 1.807) is 29.9 Å². The summed E-state index contributed by atoms with van der Waals surface area (Å²) in [4.78, 5) is 27.3. The number of thiophene rings is 1. The van der Waals surface area contributed by atoms with E-state index in [-0.39, 0.29) is 12.0 Å². The molecule has 4 rings (SSSR count). The van der Waals surface area contributed by atoms with Gasteiger partial charge in [0.25, 0.3) is 0 Å². The quantitative estimate of drug-likeness (QED) is 0.860. The van der Waals surface area contributed by atoms with Crippen LogP contribution in [0.3, 0.4) is 0 Å². The summed E-state index contributed by atoms with van der Waals surface area (Å²) in [6.45, 7) is 2.60. The maximum atomic E-state index is 13.2. The minimum atomic E-state index is 0.0707. The molecule has 2 saturated heterocycles. The molecule has 2 aliphatic rings. The molecular weight excluding hydrogens is 320 g/mol. The highest BCUT2D eigenvalue weighted by Crippen LogP contribution is 2.36. The van der Waals surface area contributed by atoms with E-state index in [1.807, 2.05) is 0 Å². The van der Waals surface area contributed by atoms with Crippen molar-refractivity contribution in [3.05, 3.63) is 41.0 Å². The third kappa shape index (κ3) is 3.02. The van der Waals surface area contributed by atoms with Crippen LogP contribution in [0.1, 0.15) is 36.6 Å². The summed E-state index contributed by atoms with van der Waals surface area (Å²) in [6.07, 6.45) is 9.40. The van der Waals surface area contributed by atoms with E-state index >= 15 is 0 Å². The number of amides is 1. The van der Waals surface area contributed by atoms with E-state index in [4.69, 9.17) is 0 Å². The predicted molar refractivity (Wildman–Crippen MR) is 95.0 cm³/mol. The van der Waals surface area contributed by atoms with Crippen LogP contribution in [0.15, 0.2) is 36.1 Å². The van der Waals surface area contributed by atoms with Gasteiger partial charge in [-0.25, -0.2) is 4.98 Å². The lowest BCUT2D eigenvalue weighted by atomic mass is 9.96. The van der Waals surface area contributed by atoms with E-state index in [9.17, 15) is 4.79 Å². The lowest BCUT2D eigenvalue weighted by molar-refractivity contribution is -0.136. The second-order valence-electron chi connectivity index (χ2n) is 6.55. The first-order valence-electron chi connectivity index (χ1n) is 8.68. The smallest absolute Gasteiger partial charge is 0.228 e. The van der Waals surface area contributed by atoms with Crippen LogP contribution >= 0.6 is 11.3 Å². The van der Waals surface area contributed by atoms with Gasteiger partial charge in [0.1, 0.15) is 5.82 Å². The van der Waals surface area contributed by atoms with E-state index < -0.39 is 0 Å². The molecule has 6 heteroatoms. The Morgan fingerprint density at radius 1 is 1.21 bits per heavy atom. The third-order valence-electron chi connectivity index (χ3n) is 5.05. The highest BCUT2D eigenvalue weighted by Gasteiger charge is 2.36. The van der Waals surface area contributed by atoms with Crippen LogP contribution in [0.25, 0.3) is 0 Å². The molecule has 24 heavy (non-hydrogen) atoms. The van der Waals surface area contributed by atoms with Crippen molar-refractivity contribution in [2.45, 2.75) is 31.7 Å². The summed E-state index contributed by atoms with van der Waals surface area (Å²) in [5.74, 6) is 1.27. The number of carbonyl (C=O) groups excluding carboxylic acids is 1. The number of piperidine rings is 1. The zero-order valence-corrected chi connectivity index (χ0v) is 14.5. The van der Waals surface area contributed by atoms with Crippen molar-refractivity contribution < 1.29 is 4.79 Å². The molecule has 0 bridgehead atoms. The zero-order chi connectivity index (χ0) is 16.4. The topological polar surface area (TPSA) is 49.3 Å². The molecule has 4 heterocycles. The molecule has 0 saturated carbocycles. The Labute approximate surface area is 146 Å². The van der Waals surface area contributed by atoms with Gasteiger partial charge >= 0.3 is 0 Å². The van der Waals surface area contributed by atoms with Crippen molar-refractivity contribution in [3.63, 3.8) is 0 Å². The largest absolute Gasteiger partial charge is 0.355 e. The first-order valence-corrected chi connectivity index (χ1v) is 9.56. The fourth-order valence-corrected chi connectivity index (χ4v) is 4.76. The molecule has 2 unspecified atom stereocenters. The average molecular weight is 342 g/mol. The number of hydrogen-bond acceptors (Lipinski definition) is 5. The van der Waals surface area contributed by atoms with Crippen LogP contribution in [-0.4, -0.2) is 40.4 Å². The van der Waals surface area contributed by atoms with E-state index in [2.05, 4.69) is 37.3 Å². The number of nitrogens with zero attached hydrogens (tertiary/aromatic N) is 4. The molecule has 2 atom stereocenters. The molecule has 2 aromatic heterocycles. The first-order chi connectivity index (χ1) is 11.8. The molecule has 5 nitrogen and oxygen atoms in total. The Hall–Kier alpha value is -1.95. The van der Waals surface area contributed by atoms with Crippen LogP contribution in [0.2, 0.25) is 0 Å². The van der Waals surface area contributed by atoms with Crippen molar-refractivity contribution in [1.29, 1.82) is 0 Å².